The lowest BCUT2D eigenvalue weighted by molar-refractivity contribution is -0.143. The summed E-state index contributed by atoms with van der Waals surface area (Å²) in [6.07, 6.45) is -7.35. The van der Waals surface area contributed by atoms with Crippen LogP contribution in [0.3, 0.4) is 0 Å². The van der Waals surface area contributed by atoms with Gasteiger partial charge in [-0.05, 0) is 18.2 Å². The highest BCUT2D eigenvalue weighted by atomic mass is 19.4. The zero-order valence-electron chi connectivity index (χ0n) is 14.0. The van der Waals surface area contributed by atoms with Gasteiger partial charge in [-0.2, -0.15) is 26.3 Å². The number of aromatic nitrogens is 2. The van der Waals surface area contributed by atoms with Gasteiger partial charge >= 0.3 is 12.4 Å². The molecule has 5 nitrogen and oxygen atoms in total. The van der Waals surface area contributed by atoms with Crippen LogP contribution in [0.4, 0.5) is 26.3 Å². The number of amides is 1. The molecule has 0 bridgehead atoms. The second kappa shape index (κ2) is 7.59. The molecule has 0 radical (unpaired) electrons. The van der Waals surface area contributed by atoms with E-state index >= 15 is 0 Å². The fourth-order valence-corrected chi connectivity index (χ4v) is 2.42. The van der Waals surface area contributed by atoms with Crippen molar-refractivity contribution in [2.75, 3.05) is 13.2 Å². The minimum absolute atomic E-state index is 0.0889. The smallest absolute Gasteiger partial charge is 0.395 e. The van der Waals surface area contributed by atoms with Crippen molar-refractivity contribution < 1.29 is 36.2 Å². The average molecular weight is 395 g/mol. The van der Waals surface area contributed by atoms with Crippen molar-refractivity contribution in [3.05, 3.63) is 53.1 Å². The van der Waals surface area contributed by atoms with Gasteiger partial charge in [-0.1, -0.05) is 0 Å². The number of nitrogens with zero attached hydrogens (tertiary/aromatic N) is 3. The van der Waals surface area contributed by atoms with E-state index in [1.54, 1.807) is 7.05 Å². The Hall–Kier alpha value is -2.56. The van der Waals surface area contributed by atoms with Crippen LogP contribution in [0.1, 0.15) is 27.2 Å². The van der Waals surface area contributed by atoms with Crippen molar-refractivity contribution in [3.63, 3.8) is 0 Å². The third kappa shape index (κ3) is 4.79. The molecular formula is C16H15F6N3O2. The molecule has 0 spiro atoms. The van der Waals surface area contributed by atoms with Crippen LogP contribution in [0, 0.1) is 0 Å². The van der Waals surface area contributed by atoms with E-state index in [0.717, 1.165) is 4.90 Å². The van der Waals surface area contributed by atoms with E-state index in [4.69, 9.17) is 5.11 Å². The minimum Gasteiger partial charge on any atom is -0.395 e. The maximum absolute atomic E-state index is 13.3. The Morgan fingerprint density at radius 3 is 2.33 bits per heavy atom. The first-order valence-electron chi connectivity index (χ1n) is 7.59. The molecule has 11 heteroatoms. The quantitative estimate of drug-likeness (QED) is 0.792. The molecular weight excluding hydrogens is 380 g/mol. The highest BCUT2D eigenvalue weighted by Crippen LogP contribution is 2.37. The average Bonchev–Trinajstić information content (AvgIpc) is 2.96. The van der Waals surface area contributed by atoms with Crippen LogP contribution >= 0.6 is 0 Å². The molecule has 2 aromatic rings. The largest absolute Gasteiger partial charge is 0.417 e. The Morgan fingerprint density at radius 2 is 1.85 bits per heavy atom. The fraction of sp³-hybridized carbons (Fsp3) is 0.375. The molecule has 148 valence electrons. The van der Waals surface area contributed by atoms with E-state index in [1.165, 1.54) is 17.1 Å². The summed E-state index contributed by atoms with van der Waals surface area (Å²) in [7, 11) is 1.60. The maximum Gasteiger partial charge on any atom is 0.417 e. The predicted molar refractivity (Wildman–Crippen MR) is 81.5 cm³/mol. The summed E-state index contributed by atoms with van der Waals surface area (Å²) >= 11 is 0. The van der Waals surface area contributed by atoms with Gasteiger partial charge in [-0.25, -0.2) is 4.98 Å². The number of rotatable bonds is 5. The van der Waals surface area contributed by atoms with Crippen LogP contribution < -0.4 is 0 Å². The first-order chi connectivity index (χ1) is 12.4. The lowest BCUT2D eigenvalue weighted by Gasteiger charge is -2.24. The number of hydrogen-bond acceptors (Lipinski definition) is 3. The molecule has 0 saturated carbocycles. The molecule has 0 saturated heterocycles. The highest BCUT2D eigenvalue weighted by molar-refractivity contribution is 5.96. The minimum atomic E-state index is -5.16. The summed E-state index contributed by atoms with van der Waals surface area (Å²) in [5.41, 5.74) is -3.65. The Bertz CT molecular complexity index is 813. The molecule has 0 atom stereocenters. The summed E-state index contributed by atoms with van der Waals surface area (Å²) in [6, 6.07) is 0.833. The van der Waals surface area contributed by atoms with Crippen molar-refractivity contribution in [2.24, 2.45) is 7.05 Å². The molecule has 0 aliphatic rings. The molecule has 1 heterocycles. The third-order valence-corrected chi connectivity index (χ3v) is 3.81. The van der Waals surface area contributed by atoms with Gasteiger partial charge in [0.1, 0.15) is 0 Å². The first kappa shape index (κ1) is 20.7. The molecule has 1 aromatic carbocycles. The topological polar surface area (TPSA) is 58.4 Å². The highest BCUT2D eigenvalue weighted by Gasteiger charge is 2.40. The number of aliphatic hydroxyl groups excluding tert-OH is 1. The monoisotopic (exact) mass is 395 g/mol. The van der Waals surface area contributed by atoms with E-state index in [0.29, 0.717) is 17.8 Å². The molecule has 1 amide bonds. The van der Waals surface area contributed by atoms with Crippen molar-refractivity contribution in [1.82, 2.24) is 14.5 Å². The second-order valence-electron chi connectivity index (χ2n) is 5.70. The van der Waals surface area contributed by atoms with Gasteiger partial charge in [0, 0.05) is 19.8 Å². The zero-order valence-corrected chi connectivity index (χ0v) is 14.0. The lowest BCUT2D eigenvalue weighted by atomic mass is 10.0. The Morgan fingerprint density at radius 1 is 1.19 bits per heavy atom. The van der Waals surface area contributed by atoms with Gasteiger partial charge in [0.05, 0.1) is 41.9 Å². The number of alkyl halides is 6. The van der Waals surface area contributed by atoms with Crippen LogP contribution in [0.15, 0.2) is 30.7 Å². The SMILES string of the molecule is Cn1cncc1CN(CCO)C(=O)c1ccc(C(F)(F)F)cc1C(F)(F)F. The second-order valence-corrected chi connectivity index (χ2v) is 5.70. The van der Waals surface area contributed by atoms with Crippen LogP contribution in [0.5, 0.6) is 0 Å². The van der Waals surface area contributed by atoms with E-state index in [1.807, 2.05) is 0 Å². The van der Waals surface area contributed by atoms with Gasteiger partial charge in [-0.3, -0.25) is 4.79 Å². The van der Waals surface area contributed by atoms with Crippen LogP contribution in [0.2, 0.25) is 0 Å². The van der Waals surface area contributed by atoms with Crippen LogP contribution in [-0.2, 0) is 25.9 Å². The van der Waals surface area contributed by atoms with E-state index in [-0.39, 0.29) is 19.2 Å². The fourth-order valence-electron chi connectivity index (χ4n) is 2.42. The number of halogens is 6. The Balaban J connectivity index is 2.46. The summed E-state index contributed by atoms with van der Waals surface area (Å²) in [6.45, 7) is -1.01. The number of benzene rings is 1. The van der Waals surface area contributed by atoms with Gasteiger partial charge in [0.25, 0.3) is 5.91 Å². The molecule has 2 rings (SSSR count). The van der Waals surface area contributed by atoms with E-state index in [9.17, 15) is 31.1 Å². The Labute approximate surface area is 149 Å². The zero-order chi connectivity index (χ0) is 20.4. The van der Waals surface area contributed by atoms with Gasteiger partial charge < -0.3 is 14.6 Å². The van der Waals surface area contributed by atoms with Crippen molar-refractivity contribution in [1.29, 1.82) is 0 Å². The lowest BCUT2D eigenvalue weighted by Crippen LogP contribution is -2.35. The summed E-state index contributed by atoms with van der Waals surface area (Å²) in [5, 5.41) is 9.12. The number of hydrogen-bond donors (Lipinski definition) is 1. The summed E-state index contributed by atoms with van der Waals surface area (Å²) in [4.78, 5) is 17.3. The number of aryl methyl sites for hydroxylation is 1. The molecule has 27 heavy (non-hydrogen) atoms. The maximum atomic E-state index is 13.3. The predicted octanol–water partition coefficient (Wildman–Crippen LogP) is 3.09. The Kier molecular flexibility index (Phi) is 5.83. The third-order valence-electron chi connectivity index (χ3n) is 3.81. The van der Waals surface area contributed by atoms with Crippen molar-refractivity contribution >= 4 is 5.91 Å². The molecule has 1 N–H and O–H groups in total. The standard InChI is InChI=1S/C16H15F6N3O2/c1-24-9-23-7-11(24)8-25(4-5-26)14(27)12-3-2-10(15(17,18)19)6-13(12)16(20,21)22/h2-3,6-7,9,26H,4-5,8H2,1H3. The van der Waals surface area contributed by atoms with Crippen LogP contribution in [0.25, 0.3) is 0 Å². The molecule has 0 fully saturated rings. The van der Waals surface area contributed by atoms with Crippen molar-refractivity contribution in [3.8, 4) is 0 Å². The molecule has 0 aliphatic carbocycles. The number of carbonyl (C=O) groups is 1. The van der Waals surface area contributed by atoms with Crippen molar-refractivity contribution in [2.45, 2.75) is 18.9 Å². The molecule has 0 unspecified atom stereocenters. The first-order valence-corrected chi connectivity index (χ1v) is 7.59. The molecule has 0 aliphatic heterocycles. The van der Waals surface area contributed by atoms with Gasteiger partial charge in [-0.15, -0.1) is 0 Å². The normalized spacial score (nSPS) is 12.3. The molecule has 1 aromatic heterocycles. The number of aliphatic hydroxyl groups is 1. The van der Waals surface area contributed by atoms with Gasteiger partial charge in [0.15, 0.2) is 0 Å². The van der Waals surface area contributed by atoms with Crippen LogP contribution in [-0.4, -0.2) is 38.6 Å². The number of carbonyl (C=O) groups excluding carboxylic acids is 1. The summed E-state index contributed by atoms with van der Waals surface area (Å²) in [5.74, 6) is -1.15. The van der Waals surface area contributed by atoms with Gasteiger partial charge in [0.2, 0.25) is 0 Å². The van der Waals surface area contributed by atoms with E-state index < -0.39 is 41.6 Å². The summed E-state index contributed by atoms with van der Waals surface area (Å²) < 4.78 is 79.6. The number of imidazole rings is 1. The van der Waals surface area contributed by atoms with E-state index in [2.05, 4.69) is 4.98 Å².